The summed E-state index contributed by atoms with van der Waals surface area (Å²) in [4.78, 5) is 35.4. The first kappa shape index (κ1) is 18.4. The number of hydrogen-bond donors (Lipinski definition) is 1. The molecule has 144 valence electrons. The van der Waals surface area contributed by atoms with E-state index in [9.17, 15) is 14.4 Å². The van der Waals surface area contributed by atoms with Gasteiger partial charge in [-0.05, 0) is 41.5 Å². The van der Waals surface area contributed by atoms with E-state index in [1.807, 2.05) is 48.5 Å². The molecular formula is C23H23NO4. The van der Waals surface area contributed by atoms with E-state index in [0.717, 1.165) is 16.8 Å². The quantitative estimate of drug-likeness (QED) is 0.778. The molecule has 1 amide bonds. The number of benzene rings is 2. The van der Waals surface area contributed by atoms with Crippen molar-refractivity contribution >= 4 is 23.3 Å². The molecule has 1 atom stereocenters. The summed E-state index contributed by atoms with van der Waals surface area (Å²) >= 11 is 0. The van der Waals surface area contributed by atoms with Gasteiger partial charge >= 0.3 is 5.97 Å². The molecule has 0 spiro atoms. The van der Waals surface area contributed by atoms with Crippen molar-refractivity contribution < 1.29 is 19.1 Å². The number of Topliss-reactive ketones (excluding diaryl/α,β-unsaturated/α-hetero) is 1. The third kappa shape index (κ3) is 4.14. The van der Waals surface area contributed by atoms with Gasteiger partial charge in [-0.25, -0.2) is 0 Å². The molecule has 0 radical (unpaired) electrons. The molecule has 5 nitrogen and oxygen atoms in total. The van der Waals surface area contributed by atoms with Crippen molar-refractivity contribution in [2.45, 2.75) is 44.6 Å². The maximum absolute atomic E-state index is 12.2. The molecule has 1 fully saturated rings. The highest BCUT2D eigenvalue weighted by molar-refractivity contribution is 5.95. The number of carbonyl (C=O) groups is 3. The summed E-state index contributed by atoms with van der Waals surface area (Å²) < 4.78 is 5.36. The monoisotopic (exact) mass is 377 g/mol. The molecule has 1 unspecified atom stereocenters. The minimum atomic E-state index is -0.291. The second-order valence-electron chi connectivity index (χ2n) is 7.63. The standard InChI is InChI=1S/C23H23NO4/c25-20-12-19(13-20)16-7-5-15(6-8-16)14-28-22(26)10-9-18-11-17-3-1-2-4-21(17)24-23(18)27/h1-8,18-19H,9-14H2,(H,24,27). The Morgan fingerprint density at radius 1 is 1.00 bits per heavy atom. The number of nitrogens with one attached hydrogen (secondary N) is 1. The zero-order valence-electron chi connectivity index (χ0n) is 15.6. The number of rotatable bonds is 6. The van der Waals surface area contributed by atoms with Crippen LogP contribution in [0.3, 0.4) is 0 Å². The van der Waals surface area contributed by atoms with E-state index in [1.54, 1.807) is 0 Å². The van der Waals surface area contributed by atoms with E-state index in [-0.39, 0.29) is 30.8 Å². The maximum Gasteiger partial charge on any atom is 0.306 e. The molecule has 28 heavy (non-hydrogen) atoms. The van der Waals surface area contributed by atoms with Crippen molar-refractivity contribution in [3.8, 4) is 0 Å². The first-order valence-corrected chi connectivity index (χ1v) is 9.73. The fourth-order valence-corrected chi connectivity index (χ4v) is 3.79. The summed E-state index contributed by atoms with van der Waals surface area (Å²) in [5, 5.41) is 2.91. The lowest BCUT2D eigenvalue weighted by molar-refractivity contribution is -0.145. The Morgan fingerprint density at radius 2 is 1.75 bits per heavy atom. The number of anilines is 1. The smallest absolute Gasteiger partial charge is 0.306 e. The molecule has 0 aromatic heterocycles. The van der Waals surface area contributed by atoms with Crippen molar-refractivity contribution in [3.63, 3.8) is 0 Å². The van der Waals surface area contributed by atoms with E-state index in [1.165, 1.54) is 5.56 Å². The van der Waals surface area contributed by atoms with Crippen molar-refractivity contribution in [3.05, 3.63) is 65.2 Å². The summed E-state index contributed by atoms with van der Waals surface area (Å²) in [6.07, 6.45) is 2.62. The Kier molecular flexibility index (Phi) is 5.24. The van der Waals surface area contributed by atoms with Gasteiger partial charge in [-0.3, -0.25) is 14.4 Å². The second-order valence-corrected chi connectivity index (χ2v) is 7.63. The van der Waals surface area contributed by atoms with Crippen molar-refractivity contribution in [2.24, 2.45) is 5.92 Å². The molecule has 2 aromatic carbocycles. The summed E-state index contributed by atoms with van der Waals surface area (Å²) in [6.45, 7) is 0.225. The predicted molar refractivity (Wildman–Crippen MR) is 105 cm³/mol. The predicted octanol–water partition coefficient (Wildman–Crippen LogP) is 3.77. The summed E-state index contributed by atoms with van der Waals surface area (Å²) in [5.74, 6) is 0.137. The number of fused-ring (bicyclic) bond motifs is 1. The van der Waals surface area contributed by atoms with Crippen LogP contribution in [0, 0.1) is 5.92 Å². The van der Waals surface area contributed by atoms with Crippen LogP contribution in [-0.4, -0.2) is 17.7 Å². The van der Waals surface area contributed by atoms with E-state index in [0.29, 0.717) is 37.4 Å². The lowest BCUT2D eigenvalue weighted by Crippen LogP contribution is -2.30. The van der Waals surface area contributed by atoms with Gasteiger partial charge in [0.2, 0.25) is 5.91 Å². The molecule has 1 saturated carbocycles. The topological polar surface area (TPSA) is 72.5 Å². The minimum Gasteiger partial charge on any atom is -0.461 e. The Labute approximate surface area is 164 Å². The first-order chi connectivity index (χ1) is 13.6. The number of carbonyl (C=O) groups excluding carboxylic acids is 3. The van der Waals surface area contributed by atoms with Gasteiger partial charge in [0, 0.05) is 30.9 Å². The van der Waals surface area contributed by atoms with E-state index < -0.39 is 0 Å². The molecule has 0 bridgehead atoms. The van der Waals surface area contributed by atoms with Crippen LogP contribution in [0.5, 0.6) is 0 Å². The zero-order valence-corrected chi connectivity index (χ0v) is 15.6. The Morgan fingerprint density at radius 3 is 2.50 bits per heavy atom. The van der Waals surface area contributed by atoms with Crippen LogP contribution >= 0.6 is 0 Å². The van der Waals surface area contributed by atoms with E-state index in [4.69, 9.17) is 4.74 Å². The fourth-order valence-electron chi connectivity index (χ4n) is 3.79. The van der Waals surface area contributed by atoms with E-state index in [2.05, 4.69) is 5.32 Å². The molecular weight excluding hydrogens is 354 g/mol. The lowest BCUT2D eigenvalue weighted by atomic mass is 9.79. The third-order valence-electron chi connectivity index (χ3n) is 5.61. The van der Waals surface area contributed by atoms with Gasteiger partial charge in [0.15, 0.2) is 0 Å². The molecule has 0 saturated heterocycles. The van der Waals surface area contributed by atoms with Crippen LogP contribution in [0.15, 0.2) is 48.5 Å². The number of para-hydroxylation sites is 1. The van der Waals surface area contributed by atoms with Crippen molar-refractivity contribution in [2.75, 3.05) is 5.32 Å². The maximum atomic E-state index is 12.2. The highest BCUT2D eigenvalue weighted by Gasteiger charge is 2.28. The van der Waals surface area contributed by atoms with Gasteiger partial charge in [0.25, 0.3) is 0 Å². The van der Waals surface area contributed by atoms with Gasteiger partial charge < -0.3 is 10.1 Å². The largest absolute Gasteiger partial charge is 0.461 e. The highest BCUT2D eigenvalue weighted by Crippen LogP contribution is 2.33. The second kappa shape index (κ2) is 7.97. The van der Waals surface area contributed by atoms with Crippen molar-refractivity contribution in [1.82, 2.24) is 0 Å². The first-order valence-electron chi connectivity index (χ1n) is 9.73. The number of hydrogen-bond acceptors (Lipinski definition) is 4. The average Bonchev–Trinajstić information content (AvgIpc) is 2.69. The van der Waals surface area contributed by atoms with Gasteiger partial charge in [-0.2, -0.15) is 0 Å². The molecule has 2 aromatic rings. The SMILES string of the molecule is O=C1CC(c2ccc(COC(=O)CCC3Cc4ccccc4NC3=O)cc2)C1. The van der Waals surface area contributed by atoms with Gasteiger partial charge in [0.05, 0.1) is 0 Å². The Bertz CT molecular complexity index is 895. The number of ether oxygens (including phenoxy) is 1. The minimum absolute atomic E-state index is 0.0310. The number of esters is 1. The Hall–Kier alpha value is -2.95. The van der Waals surface area contributed by atoms with Crippen LogP contribution in [0.4, 0.5) is 5.69 Å². The van der Waals surface area contributed by atoms with E-state index >= 15 is 0 Å². The lowest BCUT2D eigenvalue weighted by Gasteiger charge is -2.24. The molecule has 4 rings (SSSR count). The third-order valence-corrected chi connectivity index (χ3v) is 5.61. The van der Waals surface area contributed by atoms with Crippen LogP contribution in [0.2, 0.25) is 0 Å². The molecule has 1 N–H and O–H groups in total. The number of amides is 1. The van der Waals surface area contributed by atoms with Gasteiger partial charge in [-0.1, -0.05) is 42.5 Å². The molecule has 1 aliphatic carbocycles. The fraction of sp³-hybridized carbons (Fsp3) is 0.348. The van der Waals surface area contributed by atoms with Crippen LogP contribution < -0.4 is 5.32 Å². The van der Waals surface area contributed by atoms with Crippen molar-refractivity contribution in [1.29, 1.82) is 0 Å². The average molecular weight is 377 g/mol. The summed E-state index contributed by atoms with van der Waals surface area (Å²) in [5.41, 5.74) is 4.06. The van der Waals surface area contributed by atoms with Crippen LogP contribution in [0.1, 0.15) is 48.3 Å². The Balaban J connectivity index is 1.23. The van der Waals surface area contributed by atoms with Gasteiger partial charge in [-0.15, -0.1) is 0 Å². The van der Waals surface area contributed by atoms with Crippen LogP contribution in [-0.2, 0) is 32.1 Å². The summed E-state index contributed by atoms with van der Waals surface area (Å²) in [7, 11) is 0. The normalized spacial score (nSPS) is 18.8. The van der Waals surface area contributed by atoms with Gasteiger partial charge in [0.1, 0.15) is 12.4 Å². The molecule has 2 aliphatic rings. The van der Waals surface area contributed by atoms with Crippen LogP contribution in [0.25, 0.3) is 0 Å². The molecule has 1 heterocycles. The number of ketones is 1. The zero-order chi connectivity index (χ0) is 19.5. The molecule has 5 heteroatoms. The highest BCUT2D eigenvalue weighted by atomic mass is 16.5. The molecule has 1 aliphatic heterocycles. The summed E-state index contributed by atoms with van der Waals surface area (Å²) in [6, 6.07) is 15.6.